The lowest BCUT2D eigenvalue weighted by Crippen LogP contribution is -2.24. The molecule has 0 radical (unpaired) electrons. The average molecular weight is 366 g/mol. The van der Waals surface area contributed by atoms with E-state index in [1.165, 1.54) is 12.3 Å². The number of benzene rings is 1. The highest BCUT2D eigenvalue weighted by Crippen LogP contribution is 2.26. The van der Waals surface area contributed by atoms with Crippen molar-refractivity contribution < 1.29 is 18.3 Å². The van der Waals surface area contributed by atoms with Crippen LogP contribution in [0.5, 0.6) is 0 Å². The van der Waals surface area contributed by atoms with Gasteiger partial charge in [0.2, 0.25) is 0 Å². The van der Waals surface area contributed by atoms with Gasteiger partial charge in [-0.25, -0.2) is 4.98 Å². The number of hydrogen-bond donors (Lipinski definition) is 1. The second-order valence-corrected chi connectivity index (χ2v) is 6.22. The first-order valence-electron chi connectivity index (χ1n) is 7.94. The predicted molar refractivity (Wildman–Crippen MR) is 93.7 cm³/mol. The van der Waals surface area contributed by atoms with Gasteiger partial charge in [0.15, 0.2) is 0 Å². The minimum Gasteiger partial charge on any atom is -0.377 e. The Kier molecular flexibility index (Phi) is 7.81. The topological polar surface area (TPSA) is 51.2 Å². The monoisotopic (exact) mass is 366 g/mol. The second kappa shape index (κ2) is 10.1. The SMILES string of the molecule is CCCOCc1ccccc1CNC(=O)c1cccnc1SC(F)F. The lowest BCUT2D eigenvalue weighted by atomic mass is 10.1. The predicted octanol–water partition coefficient (Wildman–Crippen LogP) is 4.25. The van der Waals surface area contributed by atoms with Gasteiger partial charge < -0.3 is 10.1 Å². The number of carbonyl (C=O) groups excluding carboxylic acids is 1. The van der Waals surface area contributed by atoms with E-state index in [4.69, 9.17) is 4.74 Å². The number of amides is 1. The summed E-state index contributed by atoms with van der Waals surface area (Å²) in [6.07, 6.45) is 2.33. The maximum absolute atomic E-state index is 12.6. The van der Waals surface area contributed by atoms with Gasteiger partial charge in [-0.2, -0.15) is 8.78 Å². The Morgan fingerprint density at radius 2 is 2.00 bits per heavy atom. The van der Waals surface area contributed by atoms with Crippen LogP contribution in [0.15, 0.2) is 47.6 Å². The standard InChI is InChI=1S/C18H20F2N2O2S/c1-2-10-24-12-14-7-4-3-6-13(14)11-22-16(23)15-8-5-9-21-17(15)25-18(19)20/h3-9,18H,2,10-12H2,1H3,(H,22,23). The van der Waals surface area contributed by atoms with Crippen molar-refractivity contribution in [3.8, 4) is 0 Å². The van der Waals surface area contributed by atoms with Gasteiger partial charge in [0.25, 0.3) is 11.7 Å². The fourth-order valence-corrected chi connectivity index (χ4v) is 2.79. The third-order valence-corrected chi connectivity index (χ3v) is 4.11. The summed E-state index contributed by atoms with van der Waals surface area (Å²) in [5.74, 6) is -3.06. The molecule has 0 spiro atoms. The van der Waals surface area contributed by atoms with E-state index < -0.39 is 11.7 Å². The molecular weight excluding hydrogens is 346 g/mol. The molecule has 4 nitrogen and oxygen atoms in total. The number of carbonyl (C=O) groups is 1. The van der Waals surface area contributed by atoms with Crippen LogP contribution >= 0.6 is 11.8 Å². The zero-order valence-corrected chi connectivity index (χ0v) is 14.7. The summed E-state index contributed by atoms with van der Waals surface area (Å²) in [5.41, 5.74) is 2.07. The summed E-state index contributed by atoms with van der Waals surface area (Å²) in [5, 5.41) is 2.79. The summed E-state index contributed by atoms with van der Waals surface area (Å²) in [6.45, 7) is 3.47. The molecule has 0 saturated carbocycles. The van der Waals surface area contributed by atoms with Crippen molar-refractivity contribution in [2.24, 2.45) is 0 Å². The van der Waals surface area contributed by atoms with Crippen molar-refractivity contribution in [2.75, 3.05) is 6.61 Å². The van der Waals surface area contributed by atoms with E-state index in [0.29, 0.717) is 13.2 Å². The van der Waals surface area contributed by atoms with Crippen molar-refractivity contribution in [1.82, 2.24) is 10.3 Å². The van der Waals surface area contributed by atoms with E-state index in [2.05, 4.69) is 10.3 Å². The van der Waals surface area contributed by atoms with Crippen LogP contribution in [0.1, 0.15) is 34.8 Å². The molecule has 25 heavy (non-hydrogen) atoms. The van der Waals surface area contributed by atoms with Crippen molar-refractivity contribution in [3.05, 3.63) is 59.3 Å². The minimum absolute atomic E-state index is 0.0227. The number of nitrogens with one attached hydrogen (secondary N) is 1. The van der Waals surface area contributed by atoms with Gasteiger partial charge in [0.05, 0.1) is 12.2 Å². The number of halogens is 2. The third kappa shape index (κ3) is 6.10. The van der Waals surface area contributed by atoms with Crippen LogP contribution in [0.3, 0.4) is 0 Å². The summed E-state index contributed by atoms with van der Waals surface area (Å²) < 4.78 is 30.7. The number of hydrogen-bond acceptors (Lipinski definition) is 4. The first-order chi connectivity index (χ1) is 12.1. The molecule has 2 rings (SSSR count). The Labute approximate surface area is 150 Å². The van der Waals surface area contributed by atoms with Crippen LogP contribution in [0.2, 0.25) is 0 Å². The highest BCUT2D eigenvalue weighted by molar-refractivity contribution is 7.99. The van der Waals surface area contributed by atoms with Crippen LogP contribution in [-0.2, 0) is 17.9 Å². The molecule has 0 aliphatic carbocycles. The van der Waals surface area contributed by atoms with E-state index in [1.807, 2.05) is 31.2 Å². The van der Waals surface area contributed by atoms with Crippen LogP contribution in [0, 0.1) is 0 Å². The molecule has 1 N–H and O–H groups in total. The van der Waals surface area contributed by atoms with Gasteiger partial charge in [-0.05, 0) is 41.4 Å². The molecule has 1 aromatic heterocycles. The van der Waals surface area contributed by atoms with E-state index >= 15 is 0 Å². The molecule has 0 aliphatic heterocycles. The molecule has 1 aromatic carbocycles. The number of pyridine rings is 1. The third-order valence-electron chi connectivity index (χ3n) is 3.38. The van der Waals surface area contributed by atoms with Crippen LogP contribution in [0.4, 0.5) is 8.78 Å². The number of nitrogens with zero attached hydrogens (tertiary/aromatic N) is 1. The molecule has 0 bridgehead atoms. The largest absolute Gasteiger partial charge is 0.377 e. The summed E-state index contributed by atoms with van der Waals surface area (Å²) in [4.78, 5) is 16.2. The Balaban J connectivity index is 2.03. The molecule has 1 heterocycles. The smallest absolute Gasteiger partial charge is 0.290 e. The second-order valence-electron chi connectivity index (χ2n) is 5.24. The summed E-state index contributed by atoms with van der Waals surface area (Å²) >= 11 is 0.267. The molecule has 0 saturated heterocycles. The number of alkyl halides is 2. The van der Waals surface area contributed by atoms with Gasteiger partial charge in [-0.3, -0.25) is 4.79 Å². The number of rotatable bonds is 9. The van der Waals surface area contributed by atoms with Gasteiger partial charge in [0, 0.05) is 19.3 Å². The quantitative estimate of drug-likeness (QED) is 0.532. The number of thioether (sulfide) groups is 1. The van der Waals surface area contributed by atoms with Gasteiger partial charge in [-0.15, -0.1) is 0 Å². The maximum atomic E-state index is 12.6. The molecule has 7 heteroatoms. The molecule has 2 aromatic rings. The number of aromatic nitrogens is 1. The first-order valence-corrected chi connectivity index (χ1v) is 8.82. The molecule has 0 aliphatic rings. The van der Waals surface area contributed by atoms with Gasteiger partial charge in [-0.1, -0.05) is 31.2 Å². The fraction of sp³-hybridized carbons (Fsp3) is 0.333. The van der Waals surface area contributed by atoms with Gasteiger partial charge >= 0.3 is 0 Å². The van der Waals surface area contributed by atoms with Crippen molar-refractivity contribution >= 4 is 17.7 Å². The fourth-order valence-electron chi connectivity index (χ4n) is 2.21. The van der Waals surface area contributed by atoms with Crippen LogP contribution < -0.4 is 5.32 Å². The molecular formula is C18H20F2N2O2S. The Hall–Kier alpha value is -1.99. The molecule has 0 atom stereocenters. The maximum Gasteiger partial charge on any atom is 0.290 e. The zero-order valence-electron chi connectivity index (χ0n) is 13.9. The lowest BCUT2D eigenvalue weighted by Gasteiger charge is -2.12. The summed E-state index contributed by atoms with van der Waals surface area (Å²) in [6, 6.07) is 10.7. The summed E-state index contributed by atoms with van der Waals surface area (Å²) in [7, 11) is 0. The number of ether oxygens (including phenoxy) is 1. The van der Waals surface area contributed by atoms with E-state index in [0.717, 1.165) is 17.5 Å². The highest BCUT2D eigenvalue weighted by Gasteiger charge is 2.16. The Morgan fingerprint density at radius 1 is 1.24 bits per heavy atom. The molecule has 0 fully saturated rings. The van der Waals surface area contributed by atoms with E-state index in [9.17, 15) is 13.6 Å². The van der Waals surface area contributed by atoms with Crippen molar-refractivity contribution in [2.45, 2.75) is 37.3 Å². The molecule has 1 amide bonds. The van der Waals surface area contributed by atoms with Crippen LogP contribution in [0.25, 0.3) is 0 Å². The van der Waals surface area contributed by atoms with Crippen LogP contribution in [-0.4, -0.2) is 23.3 Å². The Morgan fingerprint density at radius 3 is 2.72 bits per heavy atom. The van der Waals surface area contributed by atoms with Crippen molar-refractivity contribution in [3.63, 3.8) is 0 Å². The normalized spacial score (nSPS) is 10.9. The average Bonchev–Trinajstić information content (AvgIpc) is 2.61. The minimum atomic E-state index is -2.63. The van der Waals surface area contributed by atoms with E-state index in [1.54, 1.807) is 6.07 Å². The Bertz CT molecular complexity index is 698. The lowest BCUT2D eigenvalue weighted by molar-refractivity contribution is 0.0945. The zero-order chi connectivity index (χ0) is 18.1. The highest BCUT2D eigenvalue weighted by atomic mass is 32.2. The van der Waals surface area contributed by atoms with Crippen molar-refractivity contribution in [1.29, 1.82) is 0 Å². The van der Waals surface area contributed by atoms with Gasteiger partial charge in [0.1, 0.15) is 5.03 Å². The molecule has 134 valence electrons. The van der Waals surface area contributed by atoms with E-state index in [-0.39, 0.29) is 28.9 Å². The first kappa shape index (κ1) is 19.3. The molecule has 0 unspecified atom stereocenters.